The van der Waals surface area contributed by atoms with Crippen LogP contribution in [-0.4, -0.2) is 36.2 Å². The van der Waals surface area contributed by atoms with Gasteiger partial charge in [-0.15, -0.1) is 0 Å². The summed E-state index contributed by atoms with van der Waals surface area (Å²) < 4.78 is 4.55. The fourth-order valence-electron chi connectivity index (χ4n) is 0.595. The number of carbonyl (C=O) groups excluding carboxylic acids is 1. The third-order valence-corrected chi connectivity index (χ3v) is 0.908. The highest BCUT2D eigenvalue weighted by Crippen LogP contribution is 1.79. The van der Waals surface area contributed by atoms with Crippen LogP contribution in [0.3, 0.4) is 0 Å². The second kappa shape index (κ2) is 5.54. The summed E-state index contributed by atoms with van der Waals surface area (Å²) in [5, 5.41) is 10.7. The molecular weight excluding hydrogens is 162 g/mol. The molecule has 70 valence electrons. The molecule has 5 heteroatoms. The average Bonchev–Trinajstić information content (AvgIpc) is 1.84. The van der Waals surface area contributed by atoms with E-state index in [-0.39, 0.29) is 18.6 Å². The Bertz CT molecular complexity index is 167. The molecule has 0 aliphatic heterocycles. The van der Waals surface area contributed by atoms with Gasteiger partial charge in [-0.2, -0.15) is 0 Å². The van der Waals surface area contributed by atoms with Crippen LogP contribution in [0.2, 0.25) is 0 Å². The summed E-state index contributed by atoms with van der Waals surface area (Å²) in [6.07, 6.45) is 0. The topological polar surface area (TPSA) is 75.6 Å². The summed E-state index contributed by atoms with van der Waals surface area (Å²) in [5.41, 5.74) is 0. The second-order valence-corrected chi connectivity index (χ2v) is 2.61. The molecule has 0 radical (unpaired) electrons. The smallest absolute Gasteiger partial charge is 0.329 e. The van der Waals surface area contributed by atoms with E-state index in [1.807, 2.05) is 13.8 Å². The maximum absolute atomic E-state index is 10.8. The summed E-state index contributed by atoms with van der Waals surface area (Å²) in [7, 11) is 0. The van der Waals surface area contributed by atoms with E-state index >= 15 is 0 Å². The van der Waals surface area contributed by atoms with Crippen molar-refractivity contribution in [2.24, 2.45) is 0 Å². The predicted molar refractivity (Wildman–Crippen MR) is 41.7 cm³/mol. The van der Waals surface area contributed by atoms with Gasteiger partial charge in [0.25, 0.3) is 0 Å². The fraction of sp³-hybridized carbons (Fsp3) is 0.714. The van der Waals surface area contributed by atoms with E-state index in [1.165, 1.54) is 0 Å². The number of carboxylic acid groups (broad SMARTS) is 1. The quantitative estimate of drug-likeness (QED) is 0.596. The number of carbonyl (C=O) groups is 2. The molecule has 1 amide bonds. The van der Waals surface area contributed by atoms with Crippen molar-refractivity contribution in [3.8, 4) is 0 Å². The monoisotopic (exact) mass is 175 g/mol. The Labute approximate surface area is 70.7 Å². The lowest BCUT2D eigenvalue weighted by Crippen LogP contribution is -2.33. The van der Waals surface area contributed by atoms with Crippen LogP contribution in [0.25, 0.3) is 0 Å². The molecule has 0 unspecified atom stereocenters. The highest BCUT2D eigenvalue weighted by molar-refractivity contribution is 5.77. The minimum absolute atomic E-state index is 0.0472. The lowest BCUT2D eigenvalue weighted by atomic mass is 10.4. The molecule has 0 saturated heterocycles. The van der Waals surface area contributed by atoms with Crippen molar-refractivity contribution < 1.29 is 19.4 Å². The molecule has 0 aromatic rings. The van der Waals surface area contributed by atoms with Crippen LogP contribution in [0, 0.1) is 0 Å². The Morgan fingerprint density at radius 3 is 2.42 bits per heavy atom. The minimum atomic E-state index is -1.08. The van der Waals surface area contributed by atoms with Gasteiger partial charge in [-0.3, -0.25) is 4.79 Å². The maximum atomic E-state index is 10.8. The zero-order valence-electron chi connectivity index (χ0n) is 7.16. The molecule has 0 spiro atoms. The number of rotatable bonds is 5. The molecular formula is C7H13NO4. The van der Waals surface area contributed by atoms with E-state index in [0.29, 0.717) is 0 Å². The molecule has 2 N–H and O–H groups in total. The molecule has 5 nitrogen and oxygen atoms in total. The van der Waals surface area contributed by atoms with E-state index in [0.717, 1.165) is 0 Å². The van der Waals surface area contributed by atoms with Crippen molar-refractivity contribution in [2.45, 2.75) is 19.9 Å². The first-order valence-electron chi connectivity index (χ1n) is 3.61. The normalized spacial score (nSPS) is 9.92. The maximum Gasteiger partial charge on any atom is 0.329 e. The highest BCUT2D eigenvalue weighted by Gasteiger charge is 2.04. The first-order valence-corrected chi connectivity index (χ1v) is 3.61. The number of hydrogen-bond donors (Lipinski definition) is 2. The van der Waals surface area contributed by atoms with Gasteiger partial charge in [-0.1, -0.05) is 0 Å². The average molecular weight is 175 g/mol. The third kappa shape index (κ3) is 7.01. The van der Waals surface area contributed by atoms with Gasteiger partial charge in [-0.05, 0) is 13.8 Å². The molecule has 0 aliphatic rings. The van der Waals surface area contributed by atoms with Gasteiger partial charge in [0.2, 0.25) is 5.91 Å². The lowest BCUT2D eigenvalue weighted by molar-refractivity contribution is -0.143. The molecule has 0 rings (SSSR count). The molecule has 0 bridgehead atoms. The van der Waals surface area contributed by atoms with Crippen molar-refractivity contribution in [1.29, 1.82) is 0 Å². The molecule has 0 fully saturated rings. The summed E-state index contributed by atoms with van der Waals surface area (Å²) >= 11 is 0. The van der Waals surface area contributed by atoms with Gasteiger partial charge >= 0.3 is 5.97 Å². The SMILES string of the molecule is CC(C)NC(=O)COCC(=O)O. The number of aliphatic carboxylic acids is 1. The first kappa shape index (κ1) is 10.9. The third-order valence-electron chi connectivity index (χ3n) is 0.908. The Kier molecular flexibility index (Phi) is 5.03. The summed E-state index contributed by atoms with van der Waals surface area (Å²) in [4.78, 5) is 20.8. The summed E-state index contributed by atoms with van der Waals surface area (Å²) in [5.74, 6) is -1.38. The largest absolute Gasteiger partial charge is 0.480 e. The Hall–Kier alpha value is -1.10. The first-order chi connectivity index (χ1) is 5.52. The molecule has 0 heterocycles. The zero-order chi connectivity index (χ0) is 9.56. The Morgan fingerprint density at radius 2 is 2.00 bits per heavy atom. The van der Waals surface area contributed by atoms with Gasteiger partial charge in [0.15, 0.2) is 0 Å². The van der Waals surface area contributed by atoms with Crippen LogP contribution in [-0.2, 0) is 14.3 Å². The molecule has 0 aromatic carbocycles. The van der Waals surface area contributed by atoms with Crippen LogP contribution in [0.15, 0.2) is 0 Å². The van der Waals surface area contributed by atoms with Gasteiger partial charge in [0.1, 0.15) is 13.2 Å². The van der Waals surface area contributed by atoms with Gasteiger partial charge in [-0.25, -0.2) is 4.79 Å². The standard InChI is InChI=1S/C7H13NO4/c1-5(2)8-6(9)3-12-4-7(10)11/h5H,3-4H2,1-2H3,(H,8,9)(H,10,11). The molecule has 12 heavy (non-hydrogen) atoms. The van der Waals surface area contributed by atoms with Crippen molar-refractivity contribution in [3.63, 3.8) is 0 Å². The Morgan fingerprint density at radius 1 is 1.42 bits per heavy atom. The van der Waals surface area contributed by atoms with Crippen LogP contribution < -0.4 is 5.32 Å². The van der Waals surface area contributed by atoms with E-state index in [1.54, 1.807) is 0 Å². The van der Waals surface area contributed by atoms with Crippen molar-refractivity contribution in [2.75, 3.05) is 13.2 Å². The van der Waals surface area contributed by atoms with Crippen molar-refractivity contribution in [3.05, 3.63) is 0 Å². The number of amides is 1. The zero-order valence-corrected chi connectivity index (χ0v) is 7.16. The Balaban J connectivity index is 3.38. The number of ether oxygens (including phenoxy) is 1. The fourth-order valence-corrected chi connectivity index (χ4v) is 0.595. The number of nitrogens with one attached hydrogen (secondary N) is 1. The molecule has 0 aromatic heterocycles. The molecule has 0 atom stereocenters. The second-order valence-electron chi connectivity index (χ2n) is 2.61. The van der Waals surface area contributed by atoms with E-state index < -0.39 is 12.6 Å². The van der Waals surface area contributed by atoms with E-state index in [2.05, 4.69) is 10.1 Å². The van der Waals surface area contributed by atoms with Gasteiger partial charge < -0.3 is 15.2 Å². The molecule has 0 saturated carbocycles. The van der Waals surface area contributed by atoms with E-state index in [9.17, 15) is 9.59 Å². The number of hydrogen-bond acceptors (Lipinski definition) is 3. The highest BCUT2D eigenvalue weighted by atomic mass is 16.5. The van der Waals surface area contributed by atoms with Crippen molar-refractivity contribution in [1.82, 2.24) is 5.32 Å². The van der Waals surface area contributed by atoms with Crippen LogP contribution >= 0.6 is 0 Å². The molecule has 0 aliphatic carbocycles. The summed E-state index contributed by atoms with van der Waals surface area (Å²) in [6.45, 7) is 2.99. The van der Waals surface area contributed by atoms with Gasteiger partial charge in [0, 0.05) is 6.04 Å². The van der Waals surface area contributed by atoms with Crippen molar-refractivity contribution >= 4 is 11.9 Å². The minimum Gasteiger partial charge on any atom is -0.480 e. The van der Waals surface area contributed by atoms with Gasteiger partial charge in [0.05, 0.1) is 0 Å². The lowest BCUT2D eigenvalue weighted by Gasteiger charge is -2.07. The van der Waals surface area contributed by atoms with Crippen LogP contribution in [0.5, 0.6) is 0 Å². The number of carboxylic acids is 1. The summed E-state index contributed by atoms with van der Waals surface area (Å²) in [6, 6.07) is 0.0472. The predicted octanol–water partition coefficient (Wildman–Crippen LogP) is -0.388. The van der Waals surface area contributed by atoms with E-state index in [4.69, 9.17) is 5.11 Å². The van der Waals surface area contributed by atoms with Crippen LogP contribution in [0.1, 0.15) is 13.8 Å². The van der Waals surface area contributed by atoms with Crippen LogP contribution in [0.4, 0.5) is 0 Å².